The molecule has 2 aliphatic heterocycles. The Hall–Kier alpha value is -3.49. The molecule has 200 valence electrons. The highest BCUT2D eigenvalue weighted by molar-refractivity contribution is 6.18. The molecule has 1 N–H and O–H groups in total. The lowest BCUT2D eigenvalue weighted by Crippen LogP contribution is -2.37. The molecule has 8 heteroatoms. The summed E-state index contributed by atoms with van der Waals surface area (Å²) in [6, 6.07) is 12.6. The average molecular weight is 520 g/mol. The van der Waals surface area contributed by atoms with E-state index < -0.39 is 23.1 Å². The van der Waals surface area contributed by atoms with Gasteiger partial charge in [-0.05, 0) is 35.7 Å². The van der Waals surface area contributed by atoms with E-state index in [1.165, 1.54) is 17.2 Å². The van der Waals surface area contributed by atoms with Crippen LogP contribution in [0, 0.1) is 5.82 Å². The molecule has 0 spiro atoms. The van der Waals surface area contributed by atoms with E-state index >= 15 is 4.39 Å². The van der Waals surface area contributed by atoms with Crippen molar-refractivity contribution in [1.29, 1.82) is 0 Å². The molecule has 1 fully saturated rings. The number of aromatic nitrogens is 1. The summed E-state index contributed by atoms with van der Waals surface area (Å²) in [5.74, 6) is -1.60. The van der Waals surface area contributed by atoms with Crippen LogP contribution in [0.25, 0.3) is 16.5 Å². The van der Waals surface area contributed by atoms with Gasteiger partial charge in [0.05, 0.1) is 36.7 Å². The Labute approximate surface area is 222 Å². The summed E-state index contributed by atoms with van der Waals surface area (Å²) < 4.78 is 26.0. The Morgan fingerprint density at radius 3 is 2.66 bits per heavy atom. The fourth-order valence-corrected chi connectivity index (χ4v) is 5.38. The number of amides is 1. The van der Waals surface area contributed by atoms with Crippen LogP contribution in [0.5, 0.6) is 0 Å². The lowest BCUT2D eigenvalue weighted by molar-refractivity contribution is -0.136. The van der Waals surface area contributed by atoms with Crippen LogP contribution in [0.2, 0.25) is 0 Å². The van der Waals surface area contributed by atoms with Crippen molar-refractivity contribution in [2.75, 3.05) is 39.5 Å². The number of para-hydroxylation sites is 1. The second kappa shape index (κ2) is 10.7. The van der Waals surface area contributed by atoms with E-state index in [4.69, 9.17) is 9.47 Å². The number of hydrogen-bond acceptors (Lipinski definition) is 5. The first-order chi connectivity index (χ1) is 18.3. The van der Waals surface area contributed by atoms with E-state index in [0.29, 0.717) is 31.9 Å². The van der Waals surface area contributed by atoms with Crippen molar-refractivity contribution in [3.05, 3.63) is 76.9 Å². The van der Waals surface area contributed by atoms with Gasteiger partial charge < -0.3 is 19.4 Å². The fraction of sp³-hybridized carbons (Fsp3) is 0.400. The summed E-state index contributed by atoms with van der Waals surface area (Å²) in [4.78, 5) is 34.2. The van der Waals surface area contributed by atoms with Crippen molar-refractivity contribution in [3.8, 4) is 0 Å². The molecule has 0 radical (unpaired) electrons. The van der Waals surface area contributed by atoms with Gasteiger partial charge in [-0.2, -0.15) is 0 Å². The van der Waals surface area contributed by atoms with Crippen molar-refractivity contribution in [2.24, 2.45) is 0 Å². The van der Waals surface area contributed by atoms with Crippen LogP contribution in [0.3, 0.4) is 0 Å². The van der Waals surface area contributed by atoms with Crippen LogP contribution in [0.4, 0.5) is 4.39 Å². The third-order valence-electron chi connectivity index (χ3n) is 7.19. The summed E-state index contributed by atoms with van der Waals surface area (Å²) in [6.45, 7) is 10.0. The number of halogens is 1. The number of hydrogen-bond donors (Lipinski definition) is 1. The molecule has 2 aliphatic rings. The first kappa shape index (κ1) is 26.1. The molecule has 0 aliphatic carbocycles. The molecule has 0 unspecified atom stereocenters. The van der Waals surface area contributed by atoms with E-state index in [1.807, 2.05) is 45.0 Å². The van der Waals surface area contributed by atoms with E-state index in [-0.39, 0.29) is 24.3 Å². The second-order valence-corrected chi connectivity index (χ2v) is 10.6. The summed E-state index contributed by atoms with van der Waals surface area (Å²) in [5, 5.41) is 0.981. The van der Waals surface area contributed by atoms with Crippen LogP contribution < -0.4 is 0 Å². The summed E-state index contributed by atoms with van der Waals surface area (Å²) in [7, 11) is 0. The quantitative estimate of drug-likeness (QED) is 0.471. The fourth-order valence-electron chi connectivity index (χ4n) is 5.38. The molecule has 38 heavy (non-hydrogen) atoms. The largest absolute Gasteiger partial charge is 0.462 e. The molecule has 3 heterocycles. The monoisotopic (exact) mass is 519 g/mol. The predicted octanol–water partition coefficient (Wildman–Crippen LogP) is 4.87. The van der Waals surface area contributed by atoms with Crippen molar-refractivity contribution in [3.63, 3.8) is 0 Å². The molecule has 1 saturated heterocycles. The Kier molecular flexibility index (Phi) is 7.36. The average Bonchev–Trinajstić information content (AvgIpc) is 3.26. The van der Waals surface area contributed by atoms with Crippen LogP contribution in [0.15, 0.2) is 48.7 Å². The number of morpholine rings is 1. The van der Waals surface area contributed by atoms with Crippen LogP contribution in [-0.4, -0.2) is 66.1 Å². The highest BCUT2D eigenvalue weighted by Crippen LogP contribution is 2.40. The van der Waals surface area contributed by atoms with E-state index in [0.717, 1.165) is 35.1 Å². The number of carbonyl (C=O) groups is 2. The molecule has 1 amide bonds. The standard InChI is InChI=1S/C30H34FN3O4/c1-4-13-38-29(36)23-18-34(19-30(2,3)26-21-7-5-6-8-25(21)32-27(23)26)28(35)22-16-20(9-10-24(22)31)17-33-11-14-37-15-12-33/h5-10,16,18,32H,4,11-15,17,19H2,1-3H3. The third kappa shape index (κ3) is 5.11. The first-order valence-corrected chi connectivity index (χ1v) is 13.2. The van der Waals surface area contributed by atoms with Crippen LogP contribution in [-0.2, 0) is 26.2 Å². The second-order valence-electron chi connectivity index (χ2n) is 10.6. The number of nitrogens with zero attached hydrogens (tertiary/aromatic N) is 2. The highest BCUT2D eigenvalue weighted by Gasteiger charge is 2.38. The number of carbonyl (C=O) groups excluding carboxylic acids is 2. The van der Waals surface area contributed by atoms with Gasteiger partial charge in [-0.1, -0.05) is 45.0 Å². The smallest absolute Gasteiger partial charge is 0.341 e. The molecular weight excluding hydrogens is 485 g/mol. The van der Waals surface area contributed by atoms with Crippen molar-refractivity contribution in [1.82, 2.24) is 14.8 Å². The number of H-pyrrole nitrogens is 1. The maximum atomic E-state index is 15.1. The zero-order valence-electron chi connectivity index (χ0n) is 22.2. The lowest BCUT2D eigenvalue weighted by atomic mass is 9.81. The molecule has 0 atom stereocenters. The summed E-state index contributed by atoms with van der Waals surface area (Å²) in [6.07, 6.45) is 2.20. The highest BCUT2D eigenvalue weighted by atomic mass is 19.1. The van der Waals surface area contributed by atoms with Crippen LogP contribution >= 0.6 is 0 Å². The van der Waals surface area contributed by atoms with Gasteiger partial charge in [-0.25, -0.2) is 9.18 Å². The van der Waals surface area contributed by atoms with Gasteiger partial charge in [0, 0.05) is 48.7 Å². The number of benzene rings is 2. The lowest BCUT2D eigenvalue weighted by Gasteiger charge is -2.30. The molecule has 0 saturated carbocycles. The first-order valence-electron chi connectivity index (χ1n) is 13.2. The molecular formula is C30H34FN3O4. The van der Waals surface area contributed by atoms with E-state index in [1.54, 1.807) is 12.1 Å². The Balaban J connectivity index is 1.55. The molecule has 0 bridgehead atoms. The summed E-state index contributed by atoms with van der Waals surface area (Å²) in [5.41, 5.74) is 3.03. The SMILES string of the molecule is CCCOC(=O)C1=CN(C(=O)c2cc(CN3CCOCC3)ccc2F)CC(C)(C)c2c1[nH]c1ccccc21. The van der Waals surface area contributed by atoms with Gasteiger partial charge in [-0.15, -0.1) is 0 Å². The van der Waals surface area contributed by atoms with Gasteiger partial charge in [0.1, 0.15) is 5.82 Å². The van der Waals surface area contributed by atoms with Gasteiger partial charge in [0.25, 0.3) is 5.91 Å². The van der Waals surface area contributed by atoms with Gasteiger partial charge in [0.2, 0.25) is 0 Å². The normalized spacial score (nSPS) is 17.6. The van der Waals surface area contributed by atoms with Gasteiger partial charge >= 0.3 is 5.97 Å². The number of ether oxygens (including phenoxy) is 2. The van der Waals surface area contributed by atoms with Crippen molar-refractivity contribution >= 4 is 28.4 Å². The van der Waals surface area contributed by atoms with Crippen LogP contribution in [0.1, 0.15) is 54.4 Å². The minimum Gasteiger partial charge on any atom is -0.462 e. The molecule has 2 aromatic carbocycles. The zero-order valence-corrected chi connectivity index (χ0v) is 22.2. The maximum absolute atomic E-state index is 15.1. The third-order valence-corrected chi connectivity index (χ3v) is 7.19. The predicted molar refractivity (Wildman–Crippen MR) is 144 cm³/mol. The summed E-state index contributed by atoms with van der Waals surface area (Å²) >= 11 is 0. The van der Waals surface area contributed by atoms with E-state index in [2.05, 4.69) is 9.88 Å². The number of nitrogens with one attached hydrogen (secondary N) is 1. The Bertz CT molecular complexity index is 1390. The van der Waals surface area contributed by atoms with Crippen molar-refractivity contribution < 1.29 is 23.5 Å². The number of aromatic amines is 1. The van der Waals surface area contributed by atoms with Gasteiger partial charge in [0.15, 0.2) is 0 Å². The minimum absolute atomic E-state index is 0.0143. The van der Waals surface area contributed by atoms with Crippen molar-refractivity contribution in [2.45, 2.75) is 39.2 Å². The molecule has 3 aromatic rings. The maximum Gasteiger partial charge on any atom is 0.341 e. The molecule has 1 aromatic heterocycles. The number of fused-ring (bicyclic) bond motifs is 3. The molecule has 7 nitrogen and oxygen atoms in total. The van der Waals surface area contributed by atoms with Gasteiger partial charge in [-0.3, -0.25) is 9.69 Å². The Morgan fingerprint density at radius 1 is 1.13 bits per heavy atom. The number of esters is 1. The minimum atomic E-state index is -0.588. The zero-order chi connectivity index (χ0) is 26.9. The molecule has 5 rings (SSSR count). The topological polar surface area (TPSA) is 74.9 Å². The van der Waals surface area contributed by atoms with E-state index in [9.17, 15) is 9.59 Å². The number of rotatable bonds is 6. The Morgan fingerprint density at radius 2 is 1.89 bits per heavy atom.